The summed E-state index contributed by atoms with van der Waals surface area (Å²) in [6, 6.07) is 4.71. The Kier molecular flexibility index (Phi) is 7.73. The number of anilines is 1. The van der Waals surface area contributed by atoms with Gasteiger partial charge in [-0.3, -0.25) is 9.69 Å². The number of piperidine rings is 1. The van der Waals surface area contributed by atoms with Crippen molar-refractivity contribution in [2.45, 2.75) is 31.7 Å². The van der Waals surface area contributed by atoms with Crippen LogP contribution < -0.4 is 5.32 Å². The zero-order chi connectivity index (χ0) is 19.3. The molecule has 1 fully saturated rings. The fraction of sp³-hybridized carbons (Fsp3) is 0.588. The van der Waals surface area contributed by atoms with Crippen molar-refractivity contribution in [3.63, 3.8) is 0 Å². The lowest BCUT2D eigenvalue weighted by molar-refractivity contribution is -0.122. The Hall–Kier alpha value is -0.860. The van der Waals surface area contributed by atoms with Crippen molar-refractivity contribution in [1.29, 1.82) is 0 Å². The summed E-state index contributed by atoms with van der Waals surface area (Å²) in [4.78, 5) is 14.8. The molecular weight excluding hydrogens is 397 g/mol. The fourth-order valence-corrected chi connectivity index (χ4v) is 4.14. The summed E-state index contributed by atoms with van der Waals surface area (Å²) in [5.41, 5.74) is 0.602. The number of benzene rings is 1. The van der Waals surface area contributed by atoms with Gasteiger partial charge in [0.2, 0.25) is 15.9 Å². The van der Waals surface area contributed by atoms with Gasteiger partial charge < -0.3 is 5.32 Å². The van der Waals surface area contributed by atoms with Gasteiger partial charge in [-0.1, -0.05) is 29.6 Å². The van der Waals surface area contributed by atoms with Gasteiger partial charge in [0.1, 0.15) is 0 Å². The second-order valence-electron chi connectivity index (χ2n) is 6.62. The highest BCUT2D eigenvalue weighted by molar-refractivity contribution is 7.89. The molecule has 1 aliphatic rings. The number of amides is 1. The van der Waals surface area contributed by atoms with Crippen LogP contribution in [0.4, 0.5) is 5.69 Å². The van der Waals surface area contributed by atoms with Gasteiger partial charge in [-0.05, 0) is 50.6 Å². The first-order valence-corrected chi connectivity index (χ1v) is 11.0. The van der Waals surface area contributed by atoms with Crippen LogP contribution in [-0.4, -0.2) is 62.5 Å². The molecule has 0 saturated carbocycles. The molecule has 9 heteroatoms. The van der Waals surface area contributed by atoms with E-state index in [0.29, 0.717) is 28.7 Å². The van der Waals surface area contributed by atoms with Crippen molar-refractivity contribution in [2.75, 3.05) is 38.3 Å². The number of hydrogen-bond donors (Lipinski definition) is 1. The largest absolute Gasteiger partial charge is 0.325 e. The van der Waals surface area contributed by atoms with Crippen LogP contribution in [0.15, 0.2) is 18.2 Å². The Morgan fingerprint density at radius 1 is 1.27 bits per heavy atom. The number of hydrogen-bond acceptors (Lipinski definition) is 4. The Bertz CT molecular complexity index is 741. The molecule has 1 aromatic carbocycles. The number of carbonyl (C=O) groups is 1. The minimum atomic E-state index is -3.22. The third-order valence-corrected chi connectivity index (χ3v) is 7.16. The second kappa shape index (κ2) is 9.37. The molecule has 1 atom stereocenters. The zero-order valence-electron chi connectivity index (χ0n) is 15.0. The SMILES string of the molecule is CN(C)S(=O)(=O)CCCN1CCCCC1C(=O)Nc1ccc(Cl)c(Cl)c1. The van der Waals surface area contributed by atoms with E-state index in [2.05, 4.69) is 10.2 Å². The molecule has 0 aromatic heterocycles. The molecule has 1 aliphatic heterocycles. The highest BCUT2D eigenvalue weighted by Crippen LogP contribution is 2.26. The van der Waals surface area contributed by atoms with Crippen molar-refractivity contribution in [2.24, 2.45) is 0 Å². The molecule has 1 N–H and O–H groups in total. The van der Waals surface area contributed by atoms with Crippen molar-refractivity contribution in [3.8, 4) is 0 Å². The molecule has 1 heterocycles. The predicted molar refractivity (Wildman–Crippen MR) is 106 cm³/mol. The second-order valence-corrected chi connectivity index (χ2v) is 9.73. The first-order chi connectivity index (χ1) is 12.2. The molecule has 6 nitrogen and oxygen atoms in total. The molecule has 0 radical (unpaired) electrons. The number of rotatable bonds is 7. The van der Waals surface area contributed by atoms with Crippen molar-refractivity contribution >= 4 is 44.8 Å². The number of halogens is 2. The van der Waals surface area contributed by atoms with E-state index in [9.17, 15) is 13.2 Å². The third kappa shape index (κ3) is 5.82. The standard InChI is InChI=1S/C17H25Cl2N3O3S/c1-21(2)26(24,25)11-5-10-22-9-4-3-6-16(22)17(23)20-13-7-8-14(18)15(19)12-13/h7-8,12,16H,3-6,9-11H2,1-2H3,(H,20,23). The van der Waals surface area contributed by atoms with Crippen LogP contribution in [0.5, 0.6) is 0 Å². The van der Waals surface area contributed by atoms with E-state index in [4.69, 9.17) is 23.2 Å². The molecule has 146 valence electrons. The van der Waals surface area contributed by atoms with Crippen LogP contribution in [0.2, 0.25) is 10.0 Å². The number of likely N-dealkylation sites (tertiary alicyclic amines) is 1. The fourth-order valence-electron chi connectivity index (χ4n) is 2.99. The highest BCUT2D eigenvalue weighted by Gasteiger charge is 2.29. The third-order valence-electron chi connectivity index (χ3n) is 4.51. The highest BCUT2D eigenvalue weighted by atomic mass is 35.5. The van der Waals surface area contributed by atoms with E-state index < -0.39 is 10.0 Å². The van der Waals surface area contributed by atoms with E-state index in [0.717, 1.165) is 25.8 Å². The quantitative estimate of drug-likeness (QED) is 0.733. The Morgan fingerprint density at radius 3 is 2.65 bits per heavy atom. The van der Waals surface area contributed by atoms with Crippen LogP contribution in [0.25, 0.3) is 0 Å². The Morgan fingerprint density at radius 2 is 2.00 bits per heavy atom. The lowest BCUT2D eigenvalue weighted by Gasteiger charge is -2.34. The molecule has 1 unspecified atom stereocenters. The number of carbonyl (C=O) groups excluding carboxylic acids is 1. The van der Waals surface area contributed by atoms with Crippen LogP contribution >= 0.6 is 23.2 Å². The van der Waals surface area contributed by atoms with Crippen molar-refractivity contribution < 1.29 is 13.2 Å². The van der Waals surface area contributed by atoms with Gasteiger partial charge in [-0.25, -0.2) is 12.7 Å². The van der Waals surface area contributed by atoms with Gasteiger partial charge in [0, 0.05) is 19.8 Å². The number of nitrogens with zero attached hydrogens (tertiary/aromatic N) is 2. The molecule has 26 heavy (non-hydrogen) atoms. The van der Waals surface area contributed by atoms with Crippen molar-refractivity contribution in [3.05, 3.63) is 28.2 Å². The average molecular weight is 422 g/mol. The summed E-state index contributed by atoms with van der Waals surface area (Å²) in [6.07, 6.45) is 3.24. The van der Waals surface area contributed by atoms with Crippen LogP contribution in [0.1, 0.15) is 25.7 Å². The van der Waals surface area contributed by atoms with E-state index in [-0.39, 0.29) is 17.7 Å². The monoisotopic (exact) mass is 421 g/mol. The Labute approximate surface area is 165 Å². The summed E-state index contributed by atoms with van der Waals surface area (Å²) in [7, 11) is -0.152. The maximum Gasteiger partial charge on any atom is 0.241 e. The van der Waals surface area contributed by atoms with Gasteiger partial charge in [0.15, 0.2) is 0 Å². The van der Waals surface area contributed by atoms with E-state index in [1.165, 1.54) is 18.4 Å². The van der Waals surface area contributed by atoms with Gasteiger partial charge in [-0.2, -0.15) is 0 Å². The Balaban J connectivity index is 1.96. The minimum Gasteiger partial charge on any atom is -0.325 e. The van der Waals surface area contributed by atoms with E-state index in [1.54, 1.807) is 18.2 Å². The van der Waals surface area contributed by atoms with Gasteiger partial charge >= 0.3 is 0 Å². The summed E-state index contributed by atoms with van der Waals surface area (Å²) >= 11 is 11.9. The first kappa shape index (κ1) is 21.4. The topological polar surface area (TPSA) is 69.7 Å². The zero-order valence-corrected chi connectivity index (χ0v) is 17.4. The first-order valence-electron chi connectivity index (χ1n) is 8.61. The van der Waals surface area contributed by atoms with E-state index in [1.807, 2.05) is 0 Å². The van der Waals surface area contributed by atoms with Gasteiger partial charge in [0.25, 0.3) is 0 Å². The van der Waals surface area contributed by atoms with Gasteiger partial charge in [0.05, 0.1) is 21.8 Å². The molecule has 1 aromatic rings. The lowest BCUT2D eigenvalue weighted by atomic mass is 10.0. The lowest BCUT2D eigenvalue weighted by Crippen LogP contribution is -2.47. The van der Waals surface area contributed by atoms with Crippen LogP contribution in [0, 0.1) is 0 Å². The normalized spacial score (nSPS) is 18.9. The van der Waals surface area contributed by atoms with Crippen LogP contribution in [-0.2, 0) is 14.8 Å². The van der Waals surface area contributed by atoms with E-state index >= 15 is 0 Å². The molecule has 1 amide bonds. The number of sulfonamides is 1. The maximum absolute atomic E-state index is 12.7. The average Bonchev–Trinajstić information content (AvgIpc) is 2.58. The summed E-state index contributed by atoms with van der Waals surface area (Å²) in [5, 5.41) is 3.71. The number of nitrogens with one attached hydrogen (secondary N) is 1. The van der Waals surface area contributed by atoms with Crippen LogP contribution in [0.3, 0.4) is 0 Å². The molecular formula is C17H25Cl2N3O3S. The summed E-state index contributed by atoms with van der Waals surface area (Å²) < 4.78 is 25.0. The molecule has 0 aliphatic carbocycles. The summed E-state index contributed by atoms with van der Waals surface area (Å²) in [5.74, 6) is -0.0176. The molecule has 2 rings (SSSR count). The predicted octanol–water partition coefficient (Wildman–Crippen LogP) is 3.07. The molecule has 0 bridgehead atoms. The minimum absolute atomic E-state index is 0.0810. The van der Waals surface area contributed by atoms with Gasteiger partial charge in [-0.15, -0.1) is 0 Å². The molecule has 1 saturated heterocycles. The maximum atomic E-state index is 12.7. The summed E-state index contributed by atoms with van der Waals surface area (Å²) in [6.45, 7) is 1.37. The smallest absolute Gasteiger partial charge is 0.241 e. The van der Waals surface area contributed by atoms with Crippen molar-refractivity contribution in [1.82, 2.24) is 9.21 Å². The molecule has 0 spiro atoms.